The number of aromatic nitrogens is 1. The topological polar surface area (TPSA) is 96.9 Å². The molecule has 3 aromatic rings. The van der Waals surface area contributed by atoms with E-state index in [4.69, 9.17) is 0 Å². The number of nitro groups is 1. The Labute approximate surface area is 178 Å². The van der Waals surface area contributed by atoms with E-state index in [9.17, 15) is 33.3 Å². The molecule has 0 fully saturated rings. The highest BCUT2D eigenvalue weighted by atomic mass is 32.2. The number of carbonyl (C=O) groups excluding carboxylic acids is 1. The molecule has 2 aromatic carbocycles. The summed E-state index contributed by atoms with van der Waals surface area (Å²) in [5, 5.41) is 20.9. The molecule has 0 radical (unpaired) electrons. The molecule has 0 aliphatic rings. The molecule has 0 aliphatic carbocycles. The van der Waals surface area contributed by atoms with Gasteiger partial charge in [0, 0.05) is 22.7 Å². The molecule has 10 heteroatoms. The van der Waals surface area contributed by atoms with E-state index < -0.39 is 34.1 Å². The summed E-state index contributed by atoms with van der Waals surface area (Å²) in [4.78, 5) is 27.7. The summed E-state index contributed by atoms with van der Waals surface area (Å²) in [7, 11) is 0. The summed E-state index contributed by atoms with van der Waals surface area (Å²) in [6.07, 6.45) is -3.29. The van der Waals surface area contributed by atoms with E-state index in [1.54, 1.807) is 24.3 Å². The highest BCUT2D eigenvalue weighted by molar-refractivity contribution is 7.99. The van der Waals surface area contributed by atoms with E-state index in [2.05, 4.69) is 4.98 Å². The predicted octanol–water partition coefficient (Wildman–Crippen LogP) is 5.65. The molecule has 3 rings (SSSR count). The Kier molecular flexibility index (Phi) is 6.36. The highest BCUT2D eigenvalue weighted by Gasteiger charge is 2.33. The van der Waals surface area contributed by atoms with Crippen molar-refractivity contribution in [2.45, 2.75) is 21.9 Å². The minimum atomic E-state index is -4.73. The molecule has 1 unspecified atom stereocenters. The molecule has 0 saturated carbocycles. The first-order chi connectivity index (χ1) is 14.7. The van der Waals surface area contributed by atoms with Crippen LogP contribution in [-0.2, 0) is 6.18 Å². The molecule has 156 valence electrons. The van der Waals surface area contributed by atoms with Crippen LogP contribution in [-0.4, -0.2) is 15.7 Å². The van der Waals surface area contributed by atoms with Gasteiger partial charge in [-0.05, 0) is 30.3 Å². The van der Waals surface area contributed by atoms with E-state index in [1.807, 2.05) is 6.07 Å². The van der Waals surface area contributed by atoms with Crippen LogP contribution in [0.1, 0.15) is 27.5 Å². The second-order valence-corrected chi connectivity index (χ2v) is 7.30. The minimum absolute atomic E-state index is 0.0652. The molecule has 0 saturated heterocycles. The lowest BCUT2D eigenvalue weighted by atomic mass is 9.95. The van der Waals surface area contributed by atoms with Crippen LogP contribution in [0, 0.1) is 21.4 Å². The quantitative estimate of drug-likeness (QED) is 0.277. The van der Waals surface area contributed by atoms with Gasteiger partial charge >= 0.3 is 6.18 Å². The van der Waals surface area contributed by atoms with Gasteiger partial charge in [-0.15, -0.1) is 0 Å². The Morgan fingerprint density at radius 3 is 2.42 bits per heavy atom. The Morgan fingerprint density at radius 2 is 1.81 bits per heavy atom. The van der Waals surface area contributed by atoms with Gasteiger partial charge in [0.15, 0.2) is 11.7 Å². The molecule has 0 bridgehead atoms. The van der Waals surface area contributed by atoms with E-state index >= 15 is 0 Å². The molecule has 1 aromatic heterocycles. The lowest BCUT2D eigenvalue weighted by Gasteiger charge is -2.13. The first-order valence-corrected chi connectivity index (χ1v) is 9.51. The number of hydrogen-bond acceptors (Lipinski definition) is 6. The Balaban J connectivity index is 2.01. The lowest BCUT2D eigenvalue weighted by molar-refractivity contribution is -0.388. The number of hydrogen-bond donors (Lipinski definition) is 0. The SMILES string of the molecule is N#CC(C(=O)c1ccccc1Sc1ccc(C(F)(F)F)cc1[N+](=O)[O-])c1ccccn1. The largest absolute Gasteiger partial charge is 0.416 e. The standard InChI is InChI=1S/C21H12F3N3O3S/c22-21(23,24)13-8-9-19(17(11-13)27(29)30)31-18-7-2-1-5-14(18)20(28)15(12-25)16-6-3-4-10-26-16/h1-11,15H. The third-order valence-electron chi connectivity index (χ3n) is 4.23. The van der Waals surface area contributed by atoms with Crippen LogP contribution < -0.4 is 0 Å². The Bertz CT molecular complexity index is 1180. The number of alkyl halides is 3. The summed E-state index contributed by atoms with van der Waals surface area (Å²) in [5.41, 5.74) is -1.52. The van der Waals surface area contributed by atoms with Crippen molar-refractivity contribution >= 4 is 23.2 Å². The molecule has 0 N–H and O–H groups in total. The van der Waals surface area contributed by atoms with Crippen molar-refractivity contribution in [1.29, 1.82) is 5.26 Å². The van der Waals surface area contributed by atoms with Gasteiger partial charge in [0.05, 0.1) is 27.1 Å². The van der Waals surface area contributed by atoms with Crippen molar-refractivity contribution in [3.8, 4) is 6.07 Å². The van der Waals surface area contributed by atoms with Crippen LogP contribution in [0.4, 0.5) is 18.9 Å². The Hall–Kier alpha value is -3.71. The van der Waals surface area contributed by atoms with E-state index in [0.717, 1.165) is 23.9 Å². The highest BCUT2D eigenvalue weighted by Crippen LogP contribution is 2.40. The molecule has 0 spiro atoms. The average molecular weight is 443 g/mol. The fraction of sp³-hybridized carbons (Fsp3) is 0.0952. The van der Waals surface area contributed by atoms with Crippen LogP contribution in [0.5, 0.6) is 0 Å². The monoisotopic (exact) mass is 443 g/mol. The van der Waals surface area contributed by atoms with Crippen LogP contribution in [0.2, 0.25) is 0 Å². The molecule has 0 aliphatic heterocycles. The minimum Gasteiger partial charge on any atom is -0.292 e. The average Bonchev–Trinajstić information content (AvgIpc) is 2.74. The maximum absolute atomic E-state index is 13.0. The number of Topliss-reactive ketones (excluding diaryl/α,β-unsaturated/α-hetero) is 1. The molecule has 1 atom stereocenters. The molecule has 0 amide bonds. The summed E-state index contributed by atoms with van der Waals surface area (Å²) >= 11 is 0.780. The zero-order valence-electron chi connectivity index (χ0n) is 15.5. The molecular formula is C21H12F3N3O3S. The predicted molar refractivity (Wildman–Crippen MR) is 106 cm³/mol. The fourth-order valence-electron chi connectivity index (χ4n) is 2.76. The van der Waals surface area contributed by atoms with Gasteiger partial charge in [-0.3, -0.25) is 19.9 Å². The normalized spacial score (nSPS) is 12.1. The molecule has 31 heavy (non-hydrogen) atoms. The third-order valence-corrected chi connectivity index (χ3v) is 5.37. The van der Waals surface area contributed by atoms with Gasteiger partial charge in [-0.1, -0.05) is 36.0 Å². The van der Waals surface area contributed by atoms with Gasteiger partial charge < -0.3 is 0 Å². The van der Waals surface area contributed by atoms with Crippen molar-refractivity contribution in [2.75, 3.05) is 0 Å². The van der Waals surface area contributed by atoms with Gasteiger partial charge in [0.25, 0.3) is 5.69 Å². The summed E-state index contributed by atoms with van der Waals surface area (Å²) in [5.74, 6) is -1.77. The number of nitriles is 1. The number of rotatable bonds is 6. The van der Waals surface area contributed by atoms with Crippen LogP contribution in [0.25, 0.3) is 0 Å². The first kappa shape index (κ1) is 22.0. The first-order valence-electron chi connectivity index (χ1n) is 8.69. The smallest absolute Gasteiger partial charge is 0.292 e. The van der Waals surface area contributed by atoms with Crippen molar-refractivity contribution in [3.05, 3.63) is 93.8 Å². The van der Waals surface area contributed by atoms with Crippen molar-refractivity contribution in [3.63, 3.8) is 0 Å². The van der Waals surface area contributed by atoms with Gasteiger partial charge in [0.1, 0.15) is 0 Å². The number of benzene rings is 2. The van der Waals surface area contributed by atoms with Crippen molar-refractivity contribution in [1.82, 2.24) is 4.98 Å². The van der Waals surface area contributed by atoms with Crippen molar-refractivity contribution in [2.24, 2.45) is 0 Å². The maximum Gasteiger partial charge on any atom is 0.416 e. The maximum atomic E-state index is 13.0. The van der Waals surface area contributed by atoms with E-state index in [1.165, 1.54) is 24.4 Å². The number of ketones is 1. The van der Waals surface area contributed by atoms with Gasteiger partial charge in [0.2, 0.25) is 0 Å². The zero-order valence-corrected chi connectivity index (χ0v) is 16.4. The lowest BCUT2D eigenvalue weighted by Crippen LogP contribution is -2.13. The third kappa shape index (κ3) is 4.90. The number of carbonyl (C=O) groups is 1. The zero-order chi connectivity index (χ0) is 22.6. The second-order valence-electron chi connectivity index (χ2n) is 6.22. The fourth-order valence-corrected chi connectivity index (χ4v) is 3.80. The van der Waals surface area contributed by atoms with Crippen LogP contribution in [0.3, 0.4) is 0 Å². The number of nitrogens with zero attached hydrogens (tertiary/aromatic N) is 3. The summed E-state index contributed by atoms with van der Waals surface area (Å²) < 4.78 is 38.8. The molecule has 1 heterocycles. The van der Waals surface area contributed by atoms with Gasteiger partial charge in [-0.2, -0.15) is 18.4 Å². The van der Waals surface area contributed by atoms with Crippen LogP contribution >= 0.6 is 11.8 Å². The summed E-state index contributed by atoms with van der Waals surface area (Å²) in [6.45, 7) is 0. The van der Waals surface area contributed by atoms with Gasteiger partial charge in [-0.25, -0.2) is 0 Å². The second kappa shape index (κ2) is 8.97. The number of halogens is 3. The number of nitro benzene ring substituents is 1. The van der Waals surface area contributed by atoms with Crippen molar-refractivity contribution < 1.29 is 22.9 Å². The Morgan fingerprint density at radius 1 is 1.10 bits per heavy atom. The van der Waals surface area contributed by atoms with E-state index in [0.29, 0.717) is 6.07 Å². The molecule has 6 nitrogen and oxygen atoms in total. The molecular weight excluding hydrogens is 431 g/mol. The van der Waals surface area contributed by atoms with Crippen LogP contribution in [0.15, 0.2) is 76.7 Å². The van der Waals surface area contributed by atoms with E-state index in [-0.39, 0.29) is 21.0 Å². The number of pyridine rings is 1. The summed E-state index contributed by atoms with van der Waals surface area (Å²) in [6, 6.07) is 15.0.